The Kier molecular flexibility index (Phi) is 5.17. The Hall–Kier alpha value is -1.30. The predicted molar refractivity (Wildman–Crippen MR) is 71.1 cm³/mol. The molecule has 0 aromatic carbocycles. The maximum Gasteiger partial charge on any atom is 0.320 e. The van der Waals surface area contributed by atoms with Crippen molar-refractivity contribution in [2.45, 2.75) is 45.2 Å². The van der Waals surface area contributed by atoms with E-state index in [9.17, 15) is 9.59 Å². The molecule has 0 aliphatic carbocycles. The summed E-state index contributed by atoms with van der Waals surface area (Å²) in [6, 6.07) is -0.504. The van der Waals surface area contributed by atoms with Gasteiger partial charge in [0.2, 0.25) is 0 Å². The maximum absolute atomic E-state index is 12.5. The number of urea groups is 1. The minimum atomic E-state index is -0.911. The van der Waals surface area contributed by atoms with Crippen LogP contribution in [0.3, 0.4) is 0 Å². The molecule has 110 valence electrons. The summed E-state index contributed by atoms with van der Waals surface area (Å²) in [6.07, 6.45) is 0.759. The zero-order chi connectivity index (χ0) is 14.6. The van der Waals surface area contributed by atoms with Crippen LogP contribution in [0.25, 0.3) is 0 Å². The van der Waals surface area contributed by atoms with E-state index < -0.39 is 5.97 Å². The van der Waals surface area contributed by atoms with Gasteiger partial charge in [-0.2, -0.15) is 0 Å². The number of ether oxygens (including phenoxy) is 1. The van der Waals surface area contributed by atoms with Gasteiger partial charge in [0.1, 0.15) is 0 Å². The Morgan fingerprint density at radius 3 is 2.63 bits per heavy atom. The highest BCUT2D eigenvalue weighted by molar-refractivity contribution is 5.76. The van der Waals surface area contributed by atoms with E-state index in [0.29, 0.717) is 19.8 Å². The summed E-state index contributed by atoms with van der Waals surface area (Å²) in [4.78, 5) is 26.7. The Bertz CT molecular complexity index is 344. The molecule has 0 spiro atoms. The number of morpholine rings is 1. The molecule has 1 heterocycles. The van der Waals surface area contributed by atoms with E-state index in [0.717, 1.165) is 6.42 Å². The first-order chi connectivity index (χ1) is 8.79. The lowest BCUT2D eigenvalue weighted by Crippen LogP contribution is -2.57. The van der Waals surface area contributed by atoms with Crippen molar-refractivity contribution in [3.05, 3.63) is 0 Å². The maximum atomic E-state index is 12.5. The van der Waals surface area contributed by atoms with Gasteiger partial charge in [0.25, 0.3) is 0 Å². The van der Waals surface area contributed by atoms with E-state index in [1.54, 1.807) is 16.8 Å². The Morgan fingerprint density at radius 1 is 1.47 bits per heavy atom. The van der Waals surface area contributed by atoms with Crippen molar-refractivity contribution in [2.75, 3.05) is 26.8 Å². The summed E-state index contributed by atoms with van der Waals surface area (Å²) in [5.41, 5.74) is -0.247. The first-order valence-corrected chi connectivity index (χ1v) is 6.63. The molecule has 6 nitrogen and oxygen atoms in total. The summed E-state index contributed by atoms with van der Waals surface area (Å²) in [6.45, 7) is 7.22. The van der Waals surface area contributed by atoms with Crippen molar-refractivity contribution in [3.63, 3.8) is 0 Å². The van der Waals surface area contributed by atoms with Crippen molar-refractivity contribution in [1.82, 2.24) is 9.80 Å². The van der Waals surface area contributed by atoms with E-state index in [1.807, 2.05) is 20.8 Å². The van der Waals surface area contributed by atoms with Gasteiger partial charge in [-0.1, -0.05) is 6.92 Å². The minimum Gasteiger partial charge on any atom is -0.481 e. The number of carboxylic acids is 1. The normalized spacial score (nSPS) is 20.2. The third-order valence-electron chi connectivity index (χ3n) is 3.94. The minimum absolute atomic E-state index is 0.0772. The highest BCUT2D eigenvalue weighted by atomic mass is 16.5. The van der Waals surface area contributed by atoms with Crippen LogP contribution < -0.4 is 0 Å². The lowest BCUT2D eigenvalue weighted by molar-refractivity contribution is -0.139. The molecule has 1 aliphatic rings. The van der Waals surface area contributed by atoms with Crippen molar-refractivity contribution in [1.29, 1.82) is 0 Å². The van der Waals surface area contributed by atoms with E-state index in [2.05, 4.69) is 0 Å². The third kappa shape index (κ3) is 3.83. The van der Waals surface area contributed by atoms with Crippen molar-refractivity contribution in [2.24, 2.45) is 0 Å². The molecule has 0 saturated carbocycles. The molecule has 1 atom stereocenters. The second-order valence-corrected chi connectivity index (χ2v) is 5.53. The number of carbonyl (C=O) groups excluding carboxylic acids is 1. The Balaban J connectivity index is 2.79. The molecule has 1 rings (SSSR count). The fraction of sp³-hybridized carbons (Fsp3) is 0.846. The number of carboxylic acid groups (broad SMARTS) is 1. The molecule has 1 saturated heterocycles. The summed E-state index contributed by atoms with van der Waals surface area (Å²) in [5.74, 6) is -0.911. The van der Waals surface area contributed by atoms with Crippen LogP contribution in [0.2, 0.25) is 0 Å². The molecule has 6 heteroatoms. The first kappa shape index (κ1) is 15.8. The molecular formula is C13H24N2O4. The molecule has 1 fully saturated rings. The molecular weight excluding hydrogens is 248 g/mol. The van der Waals surface area contributed by atoms with E-state index in [-0.39, 0.29) is 24.0 Å². The van der Waals surface area contributed by atoms with Gasteiger partial charge in [0.15, 0.2) is 0 Å². The van der Waals surface area contributed by atoms with Crippen LogP contribution in [0.15, 0.2) is 0 Å². The second kappa shape index (κ2) is 6.23. The predicted octanol–water partition coefficient (Wildman–Crippen LogP) is 1.40. The highest BCUT2D eigenvalue weighted by Crippen LogP contribution is 2.21. The SMILES string of the molecule is CCC(C)(C)N(C)C(=O)N1CCOCC1CC(=O)O. The molecule has 19 heavy (non-hydrogen) atoms. The van der Waals surface area contributed by atoms with Gasteiger partial charge >= 0.3 is 12.0 Å². The molecule has 0 bridgehead atoms. The fourth-order valence-electron chi connectivity index (χ4n) is 1.97. The summed E-state index contributed by atoms with van der Waals surface area (Å²) >= 11 is 0. The molecule has 2 amide bonds. The topological polar surface area (TPSA) is 70.1 Å². The fourth-order valence-corrected chi connectivity index (χ4v) is 1.97. The molecule has 1 aliphatic heterocycles. The van der Waals surface area contributed by atoms with Gasteiger partial charge in [0, 0.05) is 19.1 Å². The van der Waals surface area contributed by atoms with Crippen LogP contribution in [-0.2, 0) is 9.53 Å². The summed E-state index contributed by atoms with van der Waals surface area (Å²) < 4.78 is 5.28. The molecule has 0 aromatic rings. The van der Waals surface area contributed by atoms with Gasteiger partial charge in [-0.15, -0.1) is 0 Å². The number of rotatable bonds is 4. The zero-order valence-electron chi connectivity index (χ0n) is 12.2. The molecule has 0 aromatic heterocycles. The summed E-state index contributed by atoms with van der Waals surface area (Å²) in [7, 11) is 1.76. The molecule has 1 N–H and O–H groups in total. The summed E-state index contributed by atoms with van der Waals surface area (Å²) in [5, 5.41) is 8.90. The van der Waals surface area contributed by atoms with Crippen molar-refractivity contribution >= 4 is 12.0 Å². The van der Waals surface area contributed by atoms with Crippen LogP contribution in [0.1, 0.15) is 33.6 Å². The lowest BCUT2D eigenvalue weighted by Gasteiger charge is -2.42. The van der Waals surface area contributed by atoms with Gasteiger partial charge in [-0.05, 0) is 20.3 Å². The lowest BCUT2D eigenvalue weighted by atomic mass is 10.0. The molecule has 1 unspecified atom stereocenters. The smallest absolute Gasteiger partial charge is 0.320 e. The highest BCUT2D eigenvalue weighted by Gasteiger charge is 2.35. The monoisotopic (exact) mass is 272 g/mol. The third-order valence-corrected chi connectivity index (χ3v) is 3.94. The number of hydrogen-bond donors (Lipinski definition) is 1. The largest absolute Gasteiger partial charge is 0.481 e. The van der Waals surface area contributed by atoms with Crippen LogP contribution in [-0.4, -0.2) is 65.3 Å². The number of amides is 2. The van der Waals surface area contributed by atoms with Crippen LogP contribution in [0.5, 0.6) is 0 Å². The number of aliphatic carboxylic acids is 1. The van der Waals surface area contributed by atoms with Gasteiger partial charge < -0.3 is 19.6 Å². The number of hydrogen-bond acceptors (Lipinski definition) is 3. The second-order valence-electron chi connectivity index (χ2n) is 5.53. The van der Waals surface area contributed by atoms with Gasteiger partial charge in [0.05, 0.1) is 25.7 Å². The van der Waals surface area contributed by atoms with Crippen molar-refractivity contribution < 1.29 is 19.4 Å². The van der Waals surface area contributed by atoms with E-state index >= 15 is 0 Å². The van der Waals surface area contributed by atoms with Crippen LogP contribution in [0.4, 0.5) is 4.79 Å². The van der Waals surface area contributed by atoms with E-state index in [1.165, 1.54) is 0 Å². The van der Waals surface area contributed by atoms with Gasteiger partial charge in [-0.3, -0.25) is 4.79 Å². The first-order valence-electron chi connectivity index (χ1n) is 6.63. The number of nitrogens with zero attached hydrogens (tertiary/aromatic N) is 2. The number of carbonyl (C=O) groups is 2. The molecule has 0 radical (unpaired) electrons. The average Bonchev–Trinajstić information content (AvgIpc) is 2.37. The van der Waals surface area contributed by atoms with Crippen molar-refractivity contribution in [3.8, 4) is 0 Å². The van der Waals surface area contributed by atoms with Crippen LogP contribution in [0, 0.1) is 0 Å². The average molecular weight is 272 g/mol. The zero-order valence-corrected chi connectivity index (χ0v) is 12.2. The standard InChI is InChI=1S/C13H24N2O4/c1-5-13(2,3)14(4)12(18)15-6-7-19-9-10(15)8-11(16)17/h10H,5-9H2,1-4H3,(H,16,17). The Morgan fingerprint density at radius 2 is 2.11 bits per heavy atom. The van der Waals surface area contributed by atoms with E-state index in [4.69, 9.17) is 9.84 Å². The van der Waals surface area contributed by atoms with Gasteiger partial charge in [-0.25, -0.2) is 4.79 Å². The quantitative estimate of drug-likeness (QED) is 0.840. The van der Waals surface area contributed by atoms with Crippen LogP contribution >= 0.6 is 0 Å². The Labute approximate surface area is 114 Å².